The third-order valence-corrected chi connectivity index (χ3v) is 8.02. The van der Waals surface area contributed by atoms with Crippen molar-refractivity contribution in [2.75, 3.05) is 32.8 Å². The van der Waals surface area contributed by atoms with E-state index in [-0.39, 0.29) is 48.5 Å². The van der Waals surface area contributed by atoms with Crippen molar-refractivity contribution in [2.24, 2.45) is 11.8 Å². The summed E-state index contributed by atoms with van der Waals surface area (Å²) in [5, 5.41) is 2.62. The molecule has 2 fully saturated rings. The van der Waals surface area contributed by atoms with Crippen molar-refractivity contribution in [3.8, 4) is 0 Å². The van der Waals surface area contributed by atoms with E-state index in [4.69, 9.17) is 13.9 Å². The van der Waals surface area contributed by atoms with E-state index in [0.29, 0.717) is 31.9 Å². The van der Waals surface area contributed by atoms with Crippen LogP contribution >= 0.6 is 0 Å². The van der Waals surface area contributed by atoms with Crippen molar-refractivity contribution in [3.05, 3.63) is 17.9 Å². The van der Waals surface area contributed by atoms with Crippen molar-refractivity contribution in [1.29, 1.82) is 0 Å². The maximum atomic E-state index is 12.8. The van der Waals surface area contributed by atoms with Crippen molar-refractivity contribution < 1.29 is 31.9 Å². The zero-order chi connectivity index (χ0) is 23.1. The molecule has 1 amide bonds. The molecule has 10 heteroatoms. The fraction of sp³-hybridized carbons (Fsp3) is 0.727. The number of carbonyl (C=O) groups excluding carboxylic acids is 2. The van der Waals surface area contributed by atoms with Crippen molar-refractivity contribution >= 4 is 21.9 Å². The number of ether oxygens (including phenoxy) is 2. The number of piperidine rings is 1. The van der Waals surface area contributed by atoms with Crippen LogP contribution in [-0.2, 0) is 24.3 Å². The zero-order valence-corrected chi connectivity index (χ0v) is 19.7. The largest absolute Gasteiger partial charge is 0.460 e. The fourth-order valence-electron chi connectivity index (χ4n) is 4.32. The minimum absolute atomic E-state index is 0.0649. The minimum Gasteiger partial charge on any atom is -0.460 e. The molecule has 0 spiro atoms. The highest BCUT2D eigenvalue weighted by Crippen LogP contribution is 2.27. The number of carbonyl (C=O) groups is 2. The first-order valence-electron chi connectivity index (χ1n) is 11.5. The number of nitrogens with one attached hydrogen (secondary N) is 1. The predicted octanol–water partition coefficient (Wildman–Crippen LogP) is 2.57. The highest BCUT2D eigenvalue weighted by Gasteiger charge is 2.34. The fourth-order valence-corrected chi connectivity index (χ4v) is 5.70. The lowest BCUT2D eigenvalue weighted by molar-refractivity contribution is -0.126. The second-order valence-corrected chi connectivity index (χ2v) is 10.3. The lowest BCUT2D eigenvalue weighted by Crippen LogP contribution is -2.43. The van der Waals surface area contributed by atoms with Gasteiger partial charge < -0.3 is 19.2 Å². The third-order valence-electron chi connectivity index (χ3n) is 6.24. The minimum atomic E-state index is -3.87. The van der Waals surface area contributed by atoms with Gasteiger partial charge in [-0.3, -0.25) is 4.79 Å². The van der Waals surface area contributed by atoms with Crippen LogP contribution in [0.1, 0.15) is 62.9 Å². The molecule has 2 atom stereocenters. The molecule has 2 aliphatic rings. The molecule has 2 heterocycles. The Labute approximate surface area is 189 Å². The Kier molecular flexibility index (Phi) is 8.72. The van der Waals surface area contributed by atoms with Gasteiger partial charge in [-0.2, -0.15) is 4.31 Å². The molecule has 1 aromatic rings. The average Bonchev–Trinajstić information content (AvgIpc) is 3.29. The molecule has 1 aromatic heterocycles. The molecule has 180 valence electrons. The van der Waals surface area contributed by atoms with Gasteiger partial charge in [0.2, 0.25) is 16.8 Å². The smallest absolute Gasteiger partial charge is 0.374 e. The van der Waals surface area contributed by atoms with Gasteiger partial charge in [-0.05, 0) is 50.7 Å². The molecular weight excluding hydrogens is 436 g/mol. The monoisotopic (exact) mass is 470 g/mol. The summed E-state index contributed by atoms with van der Waals surface area (Å²) in [4.78, 5) is 24.2. The van der Waals surface area contributed by atoms with Crippen molar-refractivity contribution in [2.45, 2.75) is 63.6 Å². The van der Waals surface area contributed by atoms with Crippen LogP contribution in [0.4, 0.5) is 0 Å². The first-order chi connectivity index (χ1) is 15.3. The number of hydrogen-bond donors (Lipinski definition) is 1. The van der Waals surface area contributed by atoms with Gasteiger partial charge in [-0.25, -0.2) is 13.2 Å². The maximum absolute atomic E-state index is 12.8. The van der Waals surface area contributed by atoms with E-state index in [9.17, 15) is 18.0 Å². The Morgan fingerprint density at radius 3 is 2.56 bits per heavy atom. The van der Waals surface area contributed by atoms with Gasteiger partial charge in [-0.1, -0.05) is 19.8 Å². The summed E-state index contributed by atoms with van der Waals surface area (Å²) in [5.74, 6) is -0.587. The Bertz CT molecular complexity index is 875. The van der Waals surface area contributed by atoms with Gasteiger partial charge in [0.1, 0.15) is 0 Å². The van der Waals surface area contributed by atoms with Crippen LogP contribution in [0, 0.1) is 11.8 Å². The third kappa shape index (κ3) is 6.11. The first-order valence-corrected chi connectivity index (χ1v) is 12.9. The quantitative estimate of drug-likeness (QED) is 0.436. The Morgan fingerprint density at radius 1 is 1.16 bits per heavy atom. The summed E-state index contributed by atoms with van der Waals surface area (Å²) >= 11 is 0. The maximum Gasteiger partial charge on any atom is 0.374 e. The highest BCUT2D eigenvalue weighted by atomic mass is 32.2. The SMILES string of the molecule is CCOC(=O)c1ccc(S(=O)(=O)N2CCC(C(=O)NCCO[C@@H]3CCCC[C@@H]3C)CC2)o1. The molecule has 0 aromatic carbocycles. The summed E-state index contributed by atoms with van der Waals surface area (Å²) < 4.78 is 42.9. The van der Waals surface area contributed by atoms with E-state index < -0.39 is 16.0 Å². The van der Waals surface area contributed by atoms with Crippen LogP contribution in [0.15, 0.2) is 21.6 Å². The highest BCUT2D eigenvalue weighted by molar-refractivity contribution is 7.89. The van der Waals surface area contributed by atoms with E-state index in [2.05, 4.69) is 12.2 Å². The molecule has 1 saturated heterocycles. The van der Waals surface area contributed by atoms with Crippen LogP contribution in [0.25, 0.3) is 0 Å². The molecule has 9 nitrogen and oxygen atoms in total. The zero-order valence-electron chi connectivity index (χ0n) is 18.9. The second kappa shape index (κ2) is 11.3. The molecule has 3 rings (SSSR count). The Morgan fingerprint density at radius 2 is 1.88 bits per heavy atom. The number of esters is 1. The number of sulfonamides is 1. The number of hydrogen-bond acceptors (Lipinski definition) is 7. The van der Waals surface area contributed by atoms with Gasteiger partial charge in [-0.15, -0.1) is 0 Å². The summed E-state index contributed by atoms with van der Waals surface area (Å²) in [6.07, 6.45) is 5.87. The summed E-state index contributed by atoms with van der Waals surface area (Å²) in [7, 11) is -3.87. The molecule has 32 heavy (non-hydrogen) atoms. The first kappa shape index (κ1) is 24.7. The molecule has 1 aliphatic heterocycles. The van der Waals surface area contributed by atoms with Crippen LogP contribution in [0.3, 0.4) is 0 Å². The van der Waals surface area contributed by atoms with Crippen LogP contribution in [-0.4, -0.2) is 63.6 Å². The molecule has 0 radical (unpaired) electrons. The van der Waals surface area contributed by atoms with Gasteiger partial charge >= 0.3 is 5.97 Å². The van der Waals surface area contributed by atoms with E-state index in [1.165, 1.54) is 35.7 Å². The predicted molar refractivity (Wildman–Crippen MR) is 117 cm³/mol. The van der Waals surface area contributed by atoms with Gasteiger partial charge in [0.25, 0.3) is 10.0 Å². The number of rotatable bonds is 9. The van der Waals surface area contributed by atoms with Crippen LogP contribution in [0.5, 0.6) is 0 Å². The molecule has 1 aliphatic carbocycles. The van der Waals surface area contributed by atoms with E-state index >= 15 is 0 Å². The molecule has 0 bridgehead atoms. The lowest BCUT2D eigenvalue weighted by Gasteiger charge is -2.30. The molecule has 1 saturated carbocycles. The van der Waals surface area contributed by atoms with E-state index in [1.54, 1.807) is 6.92 Å². The van der Waals surface area contributed by atoms with E-state index in [1.807, 2.05) is 0 Å². The number of amides is 1. The lowest BCUT2D eigenvalue weighted by atomic mass is 9.88. The number of nitrogens with zero attached hydrogens (tertiary/aromatic N) is 1. The molecular formula is C22H34N2O7S. The Hall–Kier alpha value is -1.91. The van der Waals surface area contributed by atoms with Gasteiger partial charge in [0.15, 0.2) is 0 Å². The Balaban J connectivity index is 1.42. The average molecular weight is 471 g/mol. The topological polar surface area (TPSA) is 115 Å². The number of furan rings is 1. The molecule has 1 N–H and O–H groups in total. The van der Waals surface area contributed by atoms with Crippen LogP contribution < -0.4 is 5.32 Å². The second-order valence-electron chi connectivity index (χ2n) is 8.48. The van der Waals surface area contributed by atoms with Crippen molar-refractivity contribution in [3.63, 3.8) is 0 Å². The van der Waals surface area contributed by atoms with Crippen molar-refractivity contribution in [1.82, 2.24) is 9.62 Å². The summed E-state index contributed by atoms with van der Waals surface area (Å²) in [6.45, 7) is 5.42. The standard InChI is InChI=1S/C22H34N2O7S/c1-3-29-22(26)19-8-9-20(31-19)32(27,28)24-13-10-17(11-14-24)21(25)23-12-15-30-18-7-5-4-6-16(18)2/h8-9,16-18H,3-7,10-15H2,1-2H3,(H,23,25)/t16-,18+/m0/s1. The summed E-state index contributed by atoms with van der Waals surface area (Å²) in [6, 6.07) is 2.55. The molecule has 0 unspecified atom stereocenters. The summed E-state index contributed by atoms with van der Waals surface area (Å²) in [5.41, 5.74) is 0. The normalized spacial score (nSPS) is 23.1. The van der Waals surface area contributed by atoms with Crippen LogP contribution in [0.2, 0.25) is 0 Å². The van der Waals surface area contributed by atoms with Gasteiger partial charge in [0.05, 0.1) is 19.3 Å². The van der Waals surface area contributed by atoms with Gasteiger partial charge in [0, 0.05) is 25.6 Å². The van der Waals surface area contributed by atoms with E-state index in [0.717, 1.165) is 6.42 Å².